The summed E-state index contributed by atoms with van der Waals surface area (Å²) in [5, 5.41) is 6.27. The number of aromatic nitrogens is 2. The highest BCUT2D eigenvalue weighted by molar-refractivity contribution is 6.37. The van der Waals surface area contributed by atoms with Crippen LogP contribution in [0.15, 0.2) is 73.1 Å². The number of amides is 2. The first-order valence-corrected chi connectivity index (χ1v) is 13.0. The Bertz CT molecular complexity index is 1680. The number of methoxy groups -OCH3 is 1. The molecule has 0 aliphatic carbocycles. The molecule has 41 heavy (non-hydrogen) atoms. The molecule has 208 valence electrons. The number of nitrogens with zero attached hydrogens (tertiary/aromatic N) is 4. The summed E-state index contributed by atoms with van der Waals surface area (Å²) >= 11 is 0. The van der Waals surface area contributed by atoms with E-state index in [1.807, 2.05) is 49.3 Å². The van der Waals surface area contributed by atoms with Gasteiger partial charge in [-0.15, -0.1) is 0 Å². The monoisotopic (exact) mass is 550 g/mol. The van der Waals surface area contributed by atoms with Gasteiger partial charge in [0.1, 0.15) is 0 Å². The number of rotatable bonds is 8. The molecule has 1 aromatic heterocycles. The smallest absolute Gasteiger partial charge is 0.337 e. The van der Waals surface area contributed by atoms with Crippen molar-refractivity contribution in [1.29, 1.82) is 0 Å². The van der Waals surface area contributed by atoms with Gasteiger partial charge in [0.25, 0.3) is 11.8 Å². The van der Waals surface area contributed by atoms with Crippen molar-refractivity contribution in [2.45, 2.75) is 0 Å². The molecule has 5 rings (SSSR count). The van der Waals surface area contributed by atoms with Crippen LogP contribution in [0.25, 0.3) is 22.3 Å². The van der Waals surface area contributed by atoms with Gasteiger partial charge in [0.05, 0.1) is 40.7 Å². The van der Waals surface area contributed by atoms with Crippen molar-refractivity contribution in [2.75, 3.05) is 52.0 Å². The molecular formula is C31H30N6O4. The van der Waals surface area contributed by atoms with E-state index in [1.165, 1.54) is 7.11 Å². The van der Waals surface area contributed by atoms with Gasteiger partial charge in [-0.2, -0.15) is 0 Å². The second-order valence-corrected chi connectivity index (χ2v) is 9.95. The molecule has 0 saturated carbocycles. The summed E-state index contributed by atoms with van der Waals surface area (Å²) in [5.74, 6) is -0.887. The van der Waals surface area contributed by atoms with E-state index in [1.54, 1.807) is 54.7 Å². The molecule has 10 nitrogen and oxygen atoms in total. The van der Waals surface area contributed by atoms with Gasteiger partial charge in [-0.05, 0) is 62.6 Å². The van der Waals surface area contributed by atoms with E-state index in [0.29, 0.717) is 51.4 Å². The SMILES string of the molecule is COC(=O)c1ccc2c(c1)NC(=O)C2=C(Nc1ccc(C(=O)N(C)CCN(C)C)cc1)c1ccc2nccnc2c1. The number of carbonyl (C=O) groups is 3. The standard InChI is InChI=1S/C31H30N6O4/c1-36(2)15-16-37(3)30(39)19-5-9-22(10-6-19)34-28(20-8-12-24-26(17-20)33-14-13-32-24)27-23-11-7-21(31(40)41-4)18-25(23)35-29(27)38/h5-14,17-18,34H,15-16H2,1-4H3,(H,35,38). The van der Waals surface area contributed by atoms with Crippen molar-refractivity contribution in [3.05, 3.63) is 95.3 Å². The van der Waals surface area contributed by atoms with Gasteiger partial charge in [-0.1, -0.05) is 12.1 Å². The molecule has 2 N–H and O–H groups in total. The molecular weight excluding hydrogens is 520 g/mol. The van der Waals surface area contributed by atoms with Crippen LogP contribution in [0, 0.1) is 0 Å². The lowest BCUT2D eigenvalue weighted by molar-refractivity contribution is -0.110. The third-order valence-electron chi connectivity index (χ3n) is 6.82. The Morgan fingerprint density at radius 1 is 0.854 bits per heavy atom. The Balaban J connectivity index is 1.54. The lowest BCUT2D eigenvalue weighted by Gasteiger charge is -2.20. The Labute approximate surface area is 237 Å². The van der Waals surface area contributed by atoms with E-state index in [2.05, 4.69) is 20.6 Å². The van der Waals surface area contributed by atoms with Crippen LogP contribution in [0.3, 0.4) is 0 Å². The highest BCUT2D eigenvalue weighted by Gasteiger charge is 2.29. The number of fused-ring (bicyclic) bond motifs is 2. The Morgan fingerprint density at radius 3 is 2.24 bits per heavy atom. The highest BCUT2D eigenvalue weighted by Crippen LogP contribution is 2.38. The van der Waals surface area contributed by atoms with Crippen LogP contribution in [0.1, 0.15) is 31.8 Å². The quantitative estimate of drug-likeness (QED) is 0.250. The third kappa shape index (κ3) is 5.78. The maximum Gasteiger partial charge on any atom is 0.337 e. The number of anilines is 2. The summed E-state index contributed by atoms with van der Waals surface area (Å²) in [7, 11) is 7.03. The van der Waals surface area contributed by atoms with Crippen molar-refractivity contribution < 1.29 is 19.1 Å². The van der Waals surface area contributed by atoms with Gasteiger partial charge in [0, 0.05) is 54.9 Å². The second kappa shape index (κ2) is 11.6. The molecule has 0 unspecified atom stereocenters. The number of likely N-dealkylation sites (N-methyl/N-ethyl adjacent to an activating group) is 2. The Hall–Kier alpha value is -5.09. The van der Waals surface area contributed by atoms with Crippen LogP contribution in [0.5, 0.6) is 0 Å². The minimum absolute atomic E-state index is 0.0735. The van der Waals surface area contributed by atoms with E-state index in [-0.39, 0.29) is 11.8 Å². The molecule has 0 bridgehead atoms. The topological polar surface area (TPSA) is 117 Å². The fourth-order valence-electron chi connectivity index (χ4n) is 4.58. The molecule has 2 heterocycles. The zero-order valence-corrected chi connectivity index (χ0v) is 23.3. The van der Waals surface area contributed by atoms with E-state index in [4.69, 9.17) is 4.74 Å². The highest BCUT2D eigenvalue weighted by atomic mass is 16.5. The molecule has 0 atom stereocenters. The first-order valence-electron chi connectivity index (χ1n) is 13.0. The van der Waals surface area contributed by atoms with Crippen molar-refractivity contribution in [2.24, 2.45) is 0 Å². The number of hydrogen-bond donors (Lipinski definition) is 2. The van der Waals surface area contributed by atoms with Crippen LogP contribution in [0.4, 0.5) is 11.4 Å². The number of nitrogens with one attached hydrogen (secondary N) is 2. The van der Waals surface area contributed by atoms with E-state index >= 15 is 0 Å². The summed E-state index contributed by atoms with van der Waals surface area (Å²) in [5.41, 5.74) is 5.79. The predicted molar refractivity (Wildman–Crippen MR) is 158 cm³/mol. The molecule has 1 aliphatic rings. The van der Waals surface area contributed by atoms with E-state index in [9.17, 15) is 14.4 Å². The summed E-state index contributed by atoms with van der Waals surface area (Å²) in [6.45, 7) is 1.37. The van der Waals surface area contributed by atoms with Crippen molar-refractivity contribution >= 4 is 51.5 Å². The van der Waals surface area contributed by atoms with Crippen LogP contribution in [-0.4, -0.2) is 78.9 Å². The van der Waals surface area contributed by atoms with Gasteiger partial charge in [0.15, 0.2) is 0 Å². The van der Waals surface area contributed by atoms with Gasteiger partial charge in [-0.3, -0.25) is 19.6 Å². The summed E-state index contributed by atoms with van der Waals surface area (Å²) in [6, 6.07) is 17.7. The third-order valence-corrected chi connectivity index (χ3v) is 6.82. The van der Waals surface area contributed by atoms with Crippen molar-refractivity contribution in [3.63, 3.8) is 0 Å². The predicted octanol–water partition coefficient (Wildman–Crippen LogP) is 3.98. The van der Waals surface area contributed by atoms with Crippen LogP contribution >= 0.6 is 0 Å². The second-order valence-electron chi connectivity index (χ2n) is 9.95. The molecule has 0 fully saturated rings. The lowest BCUT2D eigenvalue weighted by atomic mass is 9.98. The van der Waals surface area contributed by atoms with Crippen LogP contribution < -0.4 is 10.6 Å². The maximum atomic E-state index is 13.4. The number of hydrogen-bond acceptors (Lipinski definition) is 8. The minimum atomic E-state index is -0.493. The fraction of sp³-hybridized carbons (Fsp3) is 0.194. The number of benzene rings is 3. The summed E-state index contributed by atoms with van der Waals surface area (Å²) in [6.07, 6.45) is 3.24. The molecule has 4 aromatic rings. The molecule has 3 aromatic carbocycles. The first-order chi connectivity index (χ1) is 19.7. The Morgan fingerprint density at radius 2 is 1.54 bits per heavy atom. The molecule has 1 aliphatic heterocycles. The average Bonchev–Trinajstić information content (AvgIpc) is 3.32. The van der Waals surface area contributed by atoms with Crippen molar-refractivity contribution in [3.8, 4) is 0 Å². The maximum absolute atomic E-state index is 13.4. The molecule has 0 saturated heterocycles. The normalized spacial score (nSPS) is 13.5. The summed E-state index contributed by atoms with van der Waals surface area (Å²) in [4.78, 5) is 50.8. The first kappa shape index (κ1) is 27.5. The molecule has 0 radical (unpaired) electrons. The molecule has 0 spiro atoms. The number of ether oxygens (including phenoxy) is 1. The van der Waals surface area contributed by atoms with E-state index < -0.39 is 5.97 Å². The molecule has 2 amide bonds. The zero-order valence-electron chi connectivity index (χ0n) is 23.3. The van der Waals surface area contributed by atoms with Crippen LogP contribution in [0.2, 0.25) is 0 Å². The fourth-order valence-corrected chi connectivity index (χ4v) is 4.58. The van der Waals surface area contributed by atoms with Gasteiger partial charge in [0.2, 0.25) is 0 Å². The zero-order chi connectivity index (χ0) is 29.1. The average molecular weight is 551 g/mol. The lowest BCUT2D eigenvalue weighted by Crippen LogP contribution is -2.33. The van der Waals surface area contributed by atoms with Crippen LogP contribution in [-0.2, 0) is 9.53 Å². The minimum Gasteiger partial charge on any atom is -0.465 e. The molecule has 10 heteroatoms. The number of esters is 1. The number of carbonyl (C=O) groups excluding carboxylic acids is 3. The van der Waals surface area contributed by atoms with E-state index in [0.717, 1.165) is 17.6 Å². The van der Waals surface area contributed by atoms with Crippen molar-refractivity contribution in [1.82, 2.24) is 19.8 Å². The van der Waals surface area contributed by atoms with Gasteiger partial charge >= 0.3 is 5.97 Å². The summed E-state index contributed by atoms with van der Waals surface area (Å²) < 4.78 is 4.83. The van der Waals surface area contributed by atoms with Gasteiger partial charge < -0.3 is 25.2 Å². The largest absolute Gasteiger partial charge is 0.465 e. The van der Waals surface area contributed by atoms with Gasteiger partial charge in [-0.25, -0.2) is 4.79 Å². The Kier molecular flexibility index (Phi) is 7.75.